The summed E-state index contributed by atoms with van der Waals surface area (Å²) in [5, 5.41) is 9.00. The summed E-state index contributed by atoms with van der Waals surface area (Å²) in [6.07, 6.45) is 16.2. The predicted octanol–water partition coefficient (Wildman–Crippen LogP) is 8.26. The number of benzene rings is 2. The van der Waals surface area contributed by atoms with E-state index < -0.39 is 21.5 Å². The van der Waals surface area contributed by atoms with Gasteiger partial charge in [-0.1, -0.05) is 94.2 Å². The molecule has 2 N–H and O–H groups in total. The minimum absolute atomic E-state index is 0.0843. The first kappa shape index (κ1) is 32.6. The van der Waals surface area contributed by atoms with Crippen LogP contribution >= 0.6 is 0 Å². The monoisotopic (exact) mass is 604 g/mol. The number of carboxylic acids is 1. The van der Waals surface area contributed by atoms with Crippen LogP contribution in [0.2, 0.25) is 0 Å². The average molecular weight is 605 g/mol. The summed E-state index contributed by atoms with van der Waals surface area (Å²) >= 11 is 0. The van der Waals surface area contributed by atoms with Crippen molar-refractivity contribution in [1.82, 2.24) is 0 Å². The number of fused-ring (bicyclic) bond motifs is 2. The molecular weight excluding hydrogens is 558 g/mol. The summed E-state index contributed by atoms with van der Waals surface area (Å²) < 4.78 is 36.0. The molecule has 7 heteroatoms. The van der Waals surface area contributed by atoms with Gasteiger partial charge in [0.1, 0.15) is 6.54 Å². The van der Waals surface area contributed by atoms with Crippen molar-refractivity contribution in [3.8, 4) is 0 Å². The fraction of sp³-hybridized carbons (Fsp3) is 0.444. The zero-order chi connectivity index (χ0) is 31.4. The number of allylic oxidation sites excluding steroid dienone is 6. The average Bonchev–Trinajstić information content (AvgIpc) is 3.29. The van der Waals surface area contributed by atoms with Gasteiger partial charge in [0.05, 0.1) is 10.3 Å². The van der Waals surface area contributed by atoms with Crippen LogP contribution in [0, 0.1) is 0 Å². The number of rotatable bonds is 13. The molecule has 0 amide bonds. The largest absolute Gasteiger partial charge is 0.481 e. The highest BCUT2D eigenvalue weighted by Gasteiger charge is 2.44. The molecule has 1 aliphatic heterocycles. The standard InChI is InChI=1S/C36H45NO5S/c1-6-7-24-37-32-19-15-14-18-30(32)36(4,5)33(37)20-12-9-11-17-29-27(16-10-8-13-21-34(38)39)28-23-22-26(43(40,41)42)25-31(28)35(29,2)3/h9,11-12,14-15,17-20,22-23,25,27H,6-8,10,13,16,21,24H2,1-5H3,(H-,38,39,40,41,42)/p+1. The fourth-order valence-electron chi connectivity index (χ4n) is 6.80. The van der Waals surface area contributed by atoms with Crippen LogP contribution in [0.4, 0.5) is 5.69 Å². The van der Waals surface area contributed by atoms with E-state index in [1.165, 1.54) is 28.6 Å². The molecule has 0 spiro atoms. The first-order valence-corrected chi connectivity index (χ1v) is 16.9. The molecule has 0 radical (unpaired) electrons. The molecule has 0 fully saturated rings. The molecule has 2 aromatic rings. The summed E-state index contributed by atoms with van der Waals surface area (Å²) in [7, 11) is -4.32. The second-order valence-corrected chi connectivity index (χ2v) is 14.2. The third-order valence-electron chi connectivity index (χ3n) is 9.14. The van der Waals surface area contributed by atoms with Crippen LogP contribution in [-0.4, -0.2) is 40.9 Å². The van der Waals surface area contributed by atoms with Gasteiger partial charge < -0.3 is 5.11 Å². The highest BCUT2D eigenvalue weighted by molar-refractivity contribution is 7.85. The lowest BCUT2D eigenvalue weighted by Gasteiger charge is -2.24. The molecule has 1 atom stereocenters. The first-order chi connectivity index (χ1) is 20.3. The number of aliphatic carboxylic acids is 1. The molecule has 2 aliphatic rings. The van der Waals surface area contributed by atoms with Crippen LogP contribution in [0.3, 0.4) is 0 Å². The van der Waals surface area contributed by atoms with Crippen LogP contribution in [0.1, 0.15) is 102 Å². The quantitative estimate of drug-likeness (QED) is 0.104. The highest BCUT2D eigenvalue weighted by Crippen LogP contribution is 2.52. The van der Waals surface area contributed by atoms with Crippen molar-refractivity contribution in [3.05, 3.63) is 95.1 Å². The maximum atomic E-state index is 11.9. The van der Waals surface area contributed by atoms with E-state index in [1.54, 1.807) is 6.07 Å². The summed E-state index contributed by atoms with van der Waals surface area (Å²) in [6.45, 7) is 12.0. The van der Waals surface area contributed by atoms with E-state index in [2.05, 4.69) is 93.8 Å². The number of carbonyl (C=O) groups is 1. The molecule has 2 aromatic carbocycles. The van der Waals surface area contributed by atoms with E-state index in [0.29, 0.717) is 6.42 Å². The van der Waals surface area contributed by atoms with Gasteiger partial charge in [-0.2, -0.15) is 13.0 Å². The maximum Gasteiger partial charge on any atom is 0.303 e. The molecule has 1 aliphatic carbocycles. The molecule has 0 aromatic heterocycles. The van der Waals surface area contributed by atoms with Gasteiger partial charge in [-0.05, 0) is 49.9 Å². The van der Waals surface area contributed by atoms with Crippen LogP contribution in [-0.2, 0) is 25.7 Å². The lowest BCUT2D eigenvalue weighted by Crippen LogP contribution is -2.27. The lowest BCUT2D eigenvalue weighted by atomic mass is 9.80. The predicted molar refractivity (Wildman–Crippen MR) is 173 cm³/mol. The van der Waals surface area contributed by atoms with E-state index >= 15 is 0 Å². The molecule has 0 saturated heterocycles. The number of hydrogen-bond donors (Lipinski definition) is 2. The molecule has 0 saturated carbocycles. The van der Waals surface area contributed by atoms with Gasteiger partial charge in [-0.15, -0.1) is 0 Å². The Morgan fingerprint density at radius 3 is 2.37 bits per heavy atom. The van der Waals surface area contributed by atoms with Crippen LogP contribution in [0.25, 0.3) is 0 Å². The Bertz CT molecular complexity index is 1590. The Hall–Kier alpha value is -3.29. The summed E-state index contributed by atoms with van der Waals surface area (Å²) in [5.74, 6) is -0.693. The van der Waals surface area contributed by atoms with E-state index in [9.17, 15) is 17.8 Å². The van der Waals surface area contributed by atoms with E-state index in [-0.39, 0.29) is 22.6 Å². The first-order valence-electron chi connectivity index (χ1n) is 15.4. The van der Waals surface area contributed by atoms with Crippen molar-refractivity contribution in [2.24, 2.45) is 0 Å². The smallest absolute Gasteiger partial charge is 0.303 e. The topological polar surface area (TPSA) is 94.7 Å². The van der Waals surface area contributed by atoms with Gasteiger partial charge in [-0.3, -0.25) is 9.35 Å². The number of para-hydroxylation sites is 1. The number of unbranched alkanes of at least 4 members (excludes halogenated alkanes) is 3. The highest BCUT2D eigenvalue weighted by atomic mass is 32.2. The second-order valence-electron chi connectivity index (χ2n) is 12.8. The number of nitrogens with zero attached hydrogens (tertiary/aromatic N) is 1. The molecule has 1 heterocycles. The van der Waals surface area contributed by atoms with Gasteiger partial charge in [0.15, 0.2) is 5.71 Å². The van der Waals surface area contributed by atoms with Gasteiger partial charge in [0.25, 0.3) is 10.1 Å². The summed E-state index contributed by atoms with van der Waals surface area (Å²) in [4.78, 5) is 10.9. The van der Waals surface area contributed by atoms with E-state index in [0.717, 1.165) is 49.8 Å². The Kier molecular flexibility index (Phi) is 9.97. The molecule has 1 unspecified atom stereocenters. The van der Waals surface area contributed by atoms with Gasteiger partial charge in [0, 0.05) is 41.9 Å². The summed E-state index contributed by atoms with van der Waals surface area (Å²) in [5.41, 5.74) is 6.54. The normalized spacial score (nSPS) is 20.0. The zero-order valence-corrected chi connectivity index (χ0v) is 27.0. The summed E-state index contributed by atoms with van der Waals surface area (Å²) in [6, 6.07) is 13.6. The Morgan fingerprint density at radius 2 is 1.67 bits per heavy atom. The van der Waals surface area contributed by atoms with Crippen molar-refractivity contribution in [2.45, 2.75) is 101 Å². The fourth-order valence-corrected chi connectivity index (χ4v) is 7.31. The SMILES string of the molecule is CCCC[N+]1=C(C=CC=CC=C2C(CCCCCC(=O)O)c3ccc(S(=O)(=O)O)cc3C2(C)C)C(C)(C)c2ccccc21. The molecule has 0 bridgehead atoms. The van der Waals surface area contributed by atoms with E-state index in [4.69, 9.17) is 5.11 Å². The van der Waals surface area contributed by atoms with Crippen molar-refractivity contribution in [2.75, 3.05) is 6.54 Å². The van der Waals surface area contributed by atoms with Crippen LogP contribution < -0.4 is 0 Å². The molecule has 6 nitrogen and oxygen atoms in total. The minimum atomic E-state index is -4.32. The molecule has 230 valence electrons. The van der Waals surface area contributed by atoms with Gasteiger partial charge in [0.2, 0.25) is 5.69 Å². The third kappa shape index (κ3) is 6.94. The van der Waals surface area contributed by atoms with E-state index in [1.807, 2.05) is 6.07 Å². The van der Waals surface area contributed by atoms with Gasteiger partial charge in [-0.25, -0.2) is 0 Å². The Balaban J connectivity index is 1.63. The van der Waals surface area contributed by atoms with Crippen molar-refractivity contribution in [1.29, 1.82) is 0 Å². The van der Waals surface area contributed by atoms with Crippen LogP contribution in [0.15, 0.2) is 83.3 Å². The van der Waals surface area contributed by atoms with Crippen molar-refractivity contribution in [3.63, 3.8) is 0 Å². The van der Waals surface area contributed by atoms with Crippen molar-refractivity contribution < 1.29 is 27.4 Å². The van der Waals surface area contributed by atoms with Crippen molar-refractivity contribution >= 4 is 27.5 Å². The van der Waals surface area contributed by atoms with Gasteiger partial charge >= 0.3 is 5.97 Å². The zero-order valence-electron chi connectivity index (χ0n) is 26.1. The lowest BCUT2D eigenvalue weighted by molar-refractivity contribution is -0.438. The number of carboxylic acid groups (broad SMARTS) is 1. The molecule has 4 rings (SSSR count). The third-order valence-corrected chi connectivity index (χ3v) is 9.99. The number of hydrogen-bond acceptors (Lipinski definition) is 3. The Labute approximate surface area is 257 Å². The van der Waals surface area contributed by atoms with Crippen LogP contribution in [0.5, 0.6) is 0 Å². The second kappa shape index (κ2) is 13.1. The Morgan fingerprint density at radius 1 is 0.930 bits per heavy atom. The maximum absolute atomic E-state index is 11.9. The minimum Gasteiger partial charge on any atom is -0.481 e. The molecular formula is C36H46NO5S+. The molecule has 43 heavy (non-hydrogen) atoms.